The average Bonchev–Trinajstić information content (AvgIpc) is 2.44. The first-order valence-corrected chi connectivity index (χ1v) is 8.90. The molecule has 0 aromatic carbocycles. The van der Waals surface area contributed by atoms with E-state index in [-0.39, 0.29) is 5.97 Å². The lowest BCUT2D eigenvalue weighted by atomic mass is 10.0. The number of carboxylic acids is 1. The van der Waals surface area contributed by atoms with Gasteiger partial charge in [0.25, 0.3) is 0 Å². The molecule has 0 heterocycles. The van der Waals surface area contributed by atoms with Crippen LogP contribution in [0.25, 0.3) is 0 Å². The minimum Gasteiger partial charge on any atom is -0.481 e. The molecule has 0 saturated heterocycles. The SMILES string of the molecule is C=COC(C)=O.CC(C)CCCCCCCCCCCC(=O)O. The summed E-state index contributed by atoms with van der Waals surface area (Å²) in [6.07, 6.45) is 14.1. The Morgan fingerprint density at radius 2 is 1.39 bits per heavy atom. The van der Waals surface area contributed by atoms with Gasteiger partial charge < -0.3 is 9.84 Å². The minimum atomic E-state index is -0.657. The zero-order valence-electron chi connectivity index (χ0n) is 15.3. The molecular weight excluding hydrogens is 292 g/mol. The minimum absolute atomic E-state index is 0.329. The number of aliphatic carboxylic acids is 1. The summed E-state index contributed by atoms with van der Waals surface area (Å²) in [6, 6.07) is 0. The first kappa shape index (κ1) is 23.9. The lowest BCUT2D eigenvalue weighted by Gasteiger charge is -2.04. The van der Waals surface area contributed by atoms with Crippen molar-refractivity contribution in [3.05, 3.63) is 12.8 Å². The summed E-state index contributed by atoms with van der Waals surface area (Å²) in [5.41, 5.74) is 0. The van der Waals surface area contributed by atoms with Gasteiger partial charge in [-0.3, -0.25) is 9.59 Å². The maximum atomic E-state index is 10.3. The van der Waals surface area contributed by atoms with E-state index in [0.717, 1.165) is 25.0 Å². The van der Waals surface area contributed by atoms with Crippen LogP contribution < -0.4 is 0 Å². The molecule has 0 bridgehead atoms. The third-order valence-corrected chi connectivity index (χ3v) is 3.42. The largest absolute Gasteiger partial charge is 0.481 e. The van der Waals surface area contributed by atoms with E-state index < -0.39 is 5.97 Å². The van der Waals surface area contributed by atoms with Crippen molar-refractivity contribution in [1.82, 2.24) is 0 Å². The Hall–Kier alpha value is -1.32. The number of unbranched alkanes of at least 4 members (excludes halogenated alkanes) is 8. The molecule has 0 aliphatic heterocycles. The molecule has 4 nitrogen and oxygen atoms in total. The van der Waals surface area contributed by atoms with Crippen LogP contribution in [0.3, 0.4) is 0 Å². The highest BCUT2D eigenvalue weighted by atomic mass is 16.5. The number of carbonyl (C=O) groups excluding carboxylic acids is 1. The molecule has 0 aromatic rings. The van der Waals surface area contributed by atoms with Crippen LogP contribution in [0.15, 0.2) is 12.8 Å². The zero-order chi connectivity index (χ0) is 17.9. The van der Waals surface area contributed by atoms with Crippen LogP contribution in [0.5, 0.6) is 0 Å². The van der Waals surface area contributed by atoms with Crippen molar-refractivity contribution >= 4 is 11.9 Å². The van der Waals surface area contributed by atoms with Crippen molar-refractivity contribution in [3.8, 4) is 0 Å². The van der Waals surface area contributed by atoms with E-state index in [9.17, 15) is 9.59 Å². The van der Waals surface area contributed by atoms with E-state index in [1.807, 2.05) is 0 Å². The molecule has 23 heavy (non-hydrogen) atoms. The second kappa shape index (κ2) is 18.7. The van der Waals surface area contributed by atoms with E-state index in [1.54, 1.807) is 0 Å². The first-order valence-electron chi connectivity index (χ1n) is 8.90. The van der Waals surface area contributed by atoms with Gasteiger partial charge in [-0.05, 0) is 12.3 Å². The van der Waals surface area contributed by atoms with Gasteiger partial charge in [0.05, 0.1) is 6.26 Å². The smallest absolute Gasteiger partial charge is 0.307 e. The van der Waals surface area contributed by atoms with E-state index in [1.165, 1.54) is 58.3 Å². The molecule has 0 rings (SSSR count). The first-order chi connectivity index (χ1) is 10.9. The molecule has 0 aliphatic carbocycles. The van der Waals surface area contributed by atoms with Gasteiger partial charge in [-0.1, -0.05) is 78.2 Å². The highest BCUT2D eigenvalue weighted by molar-refractivity contribution is 5.66. The van der Waals surface area contributed by atoms with Crippen molar-refractivity contribution in [3.63, 3.8) is 0 Å². The molecule has 0 aromatic heterocycles. The monoisotopic (exact) mass is 328 g/mol. The average molecular weight is 328 g/mol. The maximum Gasteiger partial charge on any atom is 0.307 e. The molecule has 0 amide bonds. The van der Waals surface area contributed by atoms with Gasteiger partial charge >= 0.3 is 11.9 Å². The molecule has 136 valence electrons. The fraction of sp³-hybridized carbons (Fsp3) is 0.789. The molecule has 0 radical (unpaired) electrons. The molecule has 0 unspecified atom stereocenters. The number of ether oxygens (including phenoxy) is 1. The number of carbonyl (C=O) groups is 2. The molecule has 0 fully saturated rings. The van der Waals surface area contributed by atoms with Crippen molar-refractivity contribution in [2.75, 3.05) is 0 Å². The Bertz CT molecular complexity index is 298. The molecule has 0 atom stereocenters. The van der Waals surface area contributed by atoms with Crippen LogP contribution in [-0.2, 0) is 14.3 Å². The Labute approximate surface area is 142 Å². The third-order valence-electron chi connectivity index (χ3n) is 3.42. The van der Waals surface area contributed by atoms with Gasteiger partial charge in [0.1, 0.15) is 0 Å². The van der Waals surface area contributed by atoms with Crippen LogP contribution in [0.4, 0.5) is 0 Å². The molecule has 0 saturated carbocycles. The topological polar surface area (TPSA) is 63.6 Å². The summed E-state index contributed by atoms with van der Waals surface area (Å²) in [6.45, 7) is 9.06. The number of carboxylic acid groups (broad SMARTS) is 1. The Balaban J connectivity index is 0. The molecule has 4 heteroatoms. The van der Waals surface area contributed by atoms with Crippen LogP contribution in [-0.4, -0.2) is 17.0 Å². The van der Waals surface area contributed by atoms with E-state index in [0.29, 0.717) is 6.42 Å². The quantitative estimate of drug-likeness (QED) is 0.267. The predicted octanol–water partition coefficient (Wildman–Crippen LogP) is 5.71. The lowest BCUT2D eigenvalue weighted by molar-refractivity contribution is -0.137. The predicted molar refractivity (Wildman–Crippen MR) is 95.2 cm³/mol. The summed E-state index contributed by atoms with van der Waals surface area (Å²) in [4.78, 5) is 20.0. The lowest BCUT2D eigenvalue weighted by Crippen LogP contribution is -1.93. The van der Waals surface area contributed by atoms with Gasteiger partial charge in [-0.2, -0.15) is 0 Å². The van der Waals surface area contributed by atoms with Crippen LogP contribution in [0.2, 0.25) is 0 Å². The van der Waals surface area contributed by atoms with Crippen molar-refractivity contribution < 1.29 is 19.4 Å². The Morgan fingerprint density at radius 1 is 0.957 bits per heavy atom. The number of hydrogen-bond donors (Lipinski definition) is 1. The van der Waals surface area contributed by atoms with Crippen LogP contribution in [0.1, 0.15) is 91.4 Å². The van der Waals surface area contributed by atoms with Gasteiger partial charge in [-0.15, -0.1) is 0 Å². The van der Waals surface area contributed by atoms with Gasteiger partial charge in [-0.25, -0.2) is 0 Å². The second-order valence-electron chi connectivity index (χ2n) is 6.28. The highest BCUT2D eigenvalue weighted by Crippen LogP contribution is 2.13. The second-order valence-corrected chi connectivity index (χ2v) is 6.28. The van der Waals surface area contributed by atoms with Gasteiger partial charge in [0, 0.05) is 13.3 Å². The Kier molecular flexibility index (Phi) is 19.5. The summed E-state index contributed by atoms with van der Waals surface area (Å²) in [5.74, 6) is -0.135. The number of esters is 1. The van der Waals surface area contributed by atoms with E-state index in [2.05, 4.69) is 25.2 Å². The van der Waals surface area contributed by atoms with Crippen LogP contribution >= 0.6 is 0 Å². The molecule has 1 N–H and O–H groups in total. The van der Waals surface area contributed by atoms with Crippen LogP contribution in [0, 0.1) is 5.92 Å². The molecular formula is C19H36O4. The van der Waals surface area contributed by atoms with Crippen molar-refractivity contribution in [2.45, 2.75) is 91.4 Å². The molecule has 0 aliphatic rings. The van der Waals surface area contributed by atoms with Gasteiger partial charge in [0.2, 0.25) is 0 Å². The van der Waals surface area contributed by atoms with E-state index >= 15 is 0 Å². The maximum absolute atomic E-state index is 10.3. The summed E-state index contributed by atoms with van der Waals surface area (Å²) in [5, 5.41) is 8.48. The number of rotatable bonds is 13. The van der Waals surface area contributed by atoms with Crippen molar-refractivity contribution in [1.29, 1.82) is 0 Å². The summed E-state index contributed by atoms with van der Waals surface area (Å²) >= 11 is 0. The van der Waals surface area contributed by atoms with E-state index in [4.69, 9.17) is 5.11 Å². The standard InChI is InChI=1S/C15H30O2.C4H6O2/c1-14(2)12-10-8-6-4-3-5-7-9-11-13-15(16)17;1-3-6-4(2)5/h14H,3-13H2,1-2H3,(H,16,17);3H,1H2,2H3. The molecule has 0 spiro atoms. The zero-order valence-corrected chi connectivity index (χ0v) is 15.3. The van der Waals surface area contributed by atoms with Crippen molar-refractivity contribution in [2.24, 2.45) is 5.92 Å². The Morgan fingerprint density at radius 3 is 1.70 bits per heavy atom. The summed E-state index contributed by atoms with van der Waals surface area (Å²) in [7, 11) is 0. The fourth-order valence-electron chi connectivity index (χ4n) is 2.18. The third kappa shape index (κ3) is 29.4. The normalized spacial score (nSPS) is 9.91. The summed E-state index contributed by atoms with van der Waals surface area (Å²) < 4.78 is 4.17. The number of hydrogen-bond acceptors (Lipinski definition) is 3. The fourth-order valence-corrected chi connectivity index (χ4v) is 2.18. The highest BCUT2D eigenvalue weighted by Gasteiger charge is 1.97. The van der Waals surface area contributed by atoms with Gasteiger partial charge in [0.15, 0.2) is 0 Å².